The second-order valence-electron chi connectivity index (χ2n) is 4.46. The van der Waals surface area contributed by atoms with Crippen LogP contribution in [0.4, 0.5) is 10.2 Å². The maximum Gasteiger partial charge on any atom is 0.257 e. The number of nitrogens with one attached hydrogen (secondary N) is 1. The number of pyridine rings is 1. The molecule has 1 rings (SSSR count). The summed E-state index contributed by atoms with van der Waals surface area (Å²) in [5, 5.41) is 11.7. The molecular weight excluding hydrogens is 261 g/mol. The lowest BCUT2D eigenvalue weighted by Gasteiger charge is -2.30. The second kappa shape index (κ2) is 7.79. The number of hydrogen-bond acceptors (Lipinski definition) is 4. The highest BCUT2D eigenvalue weighted by Gasteiger charge is 2.25. The molecule has 112 valence electrons. The Labute approximate surface area is 118 Å². The number of anilines is 1. The van der Waals surface area contributed by atoms with E-state index in [0.29, 0.717) is 0 Å². The first kappa shape index (κ1) is 16.4. The molecule has 0 aliphatic rings. The third-order valence-electron chi connectivity index (χ3n) is 3.34. The molecule has 0 radical (unpaired) electrons. The Hall–Kier alpha value is -1.69. The van der Waals surface area contributed by atoms with Crippen LogP contribution >= 0.6 is 0 Å². The first-order chi connectivity index (χ1) is 9.60. The van der Waals surface area contributed by atoms with Gasteiger partial charge in [-0.2, -0.15) is 0 Å². The molecule has 0 unspecified atom stereocenters. The molecule has 6 heteroatoms. The van der Waals surface area contributed by atoms with E-state index in [2.05, 4.69) is 10.3 Å². The summed E-state index contributed by atoms with van der Waals surface area (Å²) in [5.41, 5.74) is -0.0234. The average molecular weight is 283 g/mol. The smallest absolute Gasteiger partial charge is 0.257 e. The van der Waals surface area contributed by atoms with Gasteiger partial charge in [-0.1, -0.05) is 13.8 Å². The van der Waals surface area contributed by atoms with Crippen molar-refractivity contribution < 1.29 is 14.3 Å². The van der Waals surface area contributed by atoms with Crippen molar-refractivity contribution in [2.24, 2.45) is 0 Å². The normalized spacial score (nSPS) is 10.7. The Balaban J connectivity index is 3.12. The summed E-state index contributed by atoms with van der Waals surface area (Å²) in [6.45, 7) is 3.98. The van der Waals surface area contributed by atoms with Crippen LogP contribution in [-0.4, -0.2) is 47.1 Å². The van der Waals surface area contributed by atoms with Crippen molar-refractivity contribution in [2.75, 3.05) is 25.5 Å². The summed E-state index contributed by atoms with van der Waals surface area (Å²) in [6.07, 6.45) is 2.91. The van der Waals surface area contributed by atoms with Crippen molar-refractivity contribution in [3.63, 3.8) is 0 Å². The zero-order valence-electron chi connectivity index (χ0n) is 12.2. The van der Waals surface area contributed by atoms with Crippen molar-refractivity contribution in [1.29, 1.82) is 0 Å². The van der Waals surface area contributed by atoms with Gasteiger partial charge in [0.1, 0.15) is 0 Å². The van der Waals surface area contributed by atoms with Crippen LogP contribution in [0.1, 0.15) is 37.0 Å². The molecule has 5 nitrogen and oxygen atoms in total. The van der Waals surface area contributed by atoms with E-state index in [1.807, 2.05) is 13.8 Å². The molecule has 0 saturated heterocycles. The zero-order chi connectivity index (χ0) is 15.1. The number of halogens is 1. The highest BCUT2D eigenvalue weighted by Crippen LogP contribution is 2.19. The molecule has 1 aromatic rings. The molecule has 0 spiro atoms. The Morgan fingerprint density at radius 1 is 1.50 bits per heavy atom. The van der Waals surface area contributed by atoms with Gasteiger partial charge in [-0.25, -0.2) is 9.37 Å². The van der Waals surface area contributed by atoms with E-state index in [1.165, 1.54) is 17.2 Å². The highest BCUT2D eigenvalue weighted by atomic mass is 19.1. The van der Waals surface area contributed by atoms with Crippen LogP contribution in [-0.2, 0) is 0 Å². The van der Waals surface area contributed by atoms with Crippen molar-refractivity contribution in [3.8, 4) is 0 Å². The van der Waals surface area contributed by atoms with E-state index in [9.17, 15) is 9.18 Å². The third kappa shape index (κ3) is 3.45. The Morgan fingerprint density at radius 3 is 2.65 bits per heavy atom. The molecule has 0 saturated carbocycles. The van der Waals surface area contributed by atoms with Gasteiger partial charge in [0, 0.05) is 25.8 Å². The lowest BCUT2D eigenvalue weighted by molar-refractivity contribution is 0.0617. The summed E-state index contributed by atoms with van der Waals surface area (Å²) in [5.74, 6) is -1.03. The summed E-state index contributed by atoms with van der Waals surface area (Å²) >= 11 is 0. The van der Waals surface area contributed by atoms with Gasteiger partial charge in [0.25, 0.3) is 5.91 Å². The molecule has 0 bridgehead atoms. The summed E-state index contributed by atoms with van der Waals surface area (Å²) < 4.78 is 14.2. The predicted molar refractivity (Wildman–Crippen MR) is 76.2 cm³/mol. The minimum absolute atomic E-state index is 0.0137. The van der Waals surface area contributed by atoms with E-state index in [0.717, 1.165) is 12.8 Å². The molecule has 0 aromatic carbocycles. The predicted octanol–water partition coefficient (Wildman–Crippen LogP) is 1.89. The molecule has 20 heavy (non-hydrogen) atoms. The van der Waals surface area contributed by atoms with Crippen molar-refractivity contribution in [3.05, 3.63) is 23.6 Å². The van der Waals surface area contributed by atoms with Gasteiger partial charge in [-0.05, 0) is 18.9 Å². The van der Waals surface area contributed by atoms with Crippen LogP contribution in [0.5, 0.6) is 0 Å². The molecule has 0 atom stereocenters. The van der Waals surface area contributed by atoms with Gasteiger partial charge in [-0.3, -0.25) is 4.79 Å². The fraction of sp³-hybridized carbons (Fsp3) is 0.571. The average Bonchev–Trinajstić information content (AvgIpc) is 2.47. The number of aromatic nitrogens is 1. The van der Waals surface area contributed by atoms with Crippen LogP contribution in [0.25, 0.3) is 0 Å². The SMILES string of the molecule is CCC(CC)N(CCO)C(=O)c1ccnc(NC)c1F. The van der Waals surface area contributed by atoms with E-state index >= 15 is 0 Å². The van der Waals surface area contributed by atoms with Gasteiger partial charge in [0.2, 0.25) is 0 Å². The van der Waals surface area contributed by atoms with Crippen LogP contribution in [0.2, 0.25) is 0 Å². The number of amides is 1. The molecule has 2 N–H and O–H groups in total. The second-order valence-corrected chi connectivity index (χ2v) is 4.46. The van der Waals surface area contributed by atoms with Crippen LogP contribution < -0.4 is 5.32 Å². The Kier molecular flexibility index (Phi) is 6.38. The highest BCUT2D eigenvalue weighted by molar-refractivity contribution is 5.95. The van der Waals surface area contributed by atoms with Crippen molar-refractivity contribution in [1.82, 2.24) is 9.88 Å². The van der Waals surface area contributed by atoms with Gasteiger partial charge in [0.15, 0.2) is 11.6 Å². The Morgan fingerprint density at radius 2 is 2.15 bits per heavy atom. The van der Waals surface area contributed by atoms with E-state index in [1.54, 1.807) is 7.05 Å². The fourth-order valence-electron chi connectivity index (χ4n) is 2.23. The number of aliphatic hydroxyl groups is 1. The summed E-state index contributed by atoms with van der Waals surface area (Å²) in [4.78, 5) is 17.9. The number of aliphatic hydroxyl groups excluding tert-OH is 1. The van der Waals surface area contributed by atoms with Crippen LogP contribution in [0.3, 0.4) is 0 Å². The standard InChI is InChI=1S/C14H22FN3O2/c1-4-10(5-2)18(8-9-19)14(20)11-6-7-17-13(16-3)12(11)15/h6-7,10,19H,4-5,8-9H2,1-3H3,(H,16,17). The molecule has 1 amide bonds. The number of rotatable bonds is 7. The minimum Gasteiger partial charge on any atom is -0.395 e. The molecule has 0 fully saturated rings. The van der Waals surface area contributed by atoms with Crippen LogP contribution in [0, 0.1) is 5.82 Å². The minimum atomic E-state index is -0.658. The maximum absolute atomic E-state index is 14.2. The van der Waals surface area contributed by atoms with Crippen molar-refractivity contribution in [2.45, 2.75) is 32.7 Å². The molecule has 1 heterocycles. The maximum atomic E-state index is 14.2. The van der Waals surface area contributed by atoms with Gasteiger partial charge in [0.05, 0.1) is 12.2 Å². The summed E-state index contributed by atoms with van der Waals surface area (Å²) in [7, 11) is 1.55. The zero-order valence-corrected chi connectivity index (χ0v) is 12.2. The topological polar surface area (TPSA) is 65.5 Å². The molecular formula is C14H22FN3O2. The lowest BCUT2D eigenvalue weighted by atomic mass is 10.1. The molecule has 1 aromatic heterocycles. The number of carbonyl (C=O) groups is 1. The van der Waals surface area contributed by atoms with Gasteiger partial charge < -0.3 is 15.3 Å². The fourth-order valence-corrected chi connectivity index (χ4v) is 2.23. The monoisotopic (exact) mass is 283 g/mol. The van der Waals surface area contributed by atoms with Gasteiger partial charge in [-0.15, -0.1) is 0 Å². The quantitative estimate of drug-likeness (QED) is 0.802. The third-order valence-corrected chi connectivity index (χ3v) is 3.34. The van der Waals surface area contributed by atoms with E-state index < -0.39 is 11.7 Å². The first-order valence-corrected chi connectivity index (χ1v) is 6.84. The lowest BCUT2D eigenvalue weighted by Crippen LogP contribution is -2.42. The largest absolute Gasteiger partial charge is 0.395 e. The van der Waals surface area contributed by atoms with Crippen LogP contribution in [0.15, 0.2) is 12.3 Å². The number of hydrogen-bond donors (Lipinski definition) is 2. The van der Waals surface area contributed by atoms with Gasteiger partial charge >= 0.3 is 0 Å². The number of carbonyl (C=O) groups excluding carboxylic acids is 1. The number of nitrogens with zero attached hydrogens (tertiary/aromatic N) is 2. The molecule has 0 aliphatic heterocycles. The molecule has 0 aliphatic carbocycles. The van der Waals surface area contributed by atoms with E-state index in [-0.39, 0.29) is 30.6 Å². The van der Waals surface area contributed by atoms with E-state index in [4.69, 9.17) is 5.11 Å². The summed E-state index contributed by atoms with van der Waals surface area (Å²) in [6, 6.07) is 1.35. The van der Waals surface area contributed by atoms with Crippen molar-refractivity contribution >= 4 is 11.7 Å². The Bertz CT molecular complexity index is 450. The first-order valence-electron chi connectivity index (χ1n) is 6.84.